The minimum Gasteiger partial charge on any atom is -0.378 e. The molecular formula is C26H33ClN6O2S. The lowest BCUT2D eigenvalue weighted by Crippen LogP contribution is -2.30. The zero-order chi connectivity index (χ0) is 25.8. The zero-order valence-corrected chi connectivity index (χ0v) is 23.0. The topological polar surface area (TPSA) is 93.4 Å². The molecule has 4 rings (SSSR count). The maximum absolute atomic E-state index is 12.9. The van der Waals surface area contributed by atoms with Crippen molar-refractivity contribution in [1.29, 1.82) is 0 Å². The fourth-order valence-electron chi connectivity index (χ4n) is 4.16. The van der Waals surface area contributed by atoms with E-state index in [9.17, 15) is 4.79 Å². The molecule has 0 aliphatic carbocycles. The van der Waals surface area contributed by atoms with E-state index in [1.807, 2.05) is 31.2 Å². The lowest BCUT2D eigenvalue weighted by atomic mass is 9.99. The maximum Gasteiger partial charge on any atom is 0.222 e. The first-order valence-corrected chi connectivity index (χ1v) is 13.4. The van der Waals surface area contributed by atoms with Crippen LogP contribution < -0.4 is 10.6 Å². The van der Waals surface area contributed by atoms with Crippen molar-refractivity contribution in [3.8, 4) is 5.00 Å². The van der Waals surface area contributed by atoms with Crippen LogP contribution in [-0.4, -0.2) is 58.7 Å². The van der Waals surface area contributed by atoms with E-state index in [1.165, 1.54) is 4.88 Å². The van der Waals surface area contributed by atoms with Crippen LogP contribution >= 0.6 is 22.9 Å². The van der Waals surface area contributed by atoms with Crippen molar-refractivity contribution in [2.45, 2.75) is 53.1 Å². The van der Waals surface area contributed by atoms with E-state index in [4.69, 9.17) is 21.3 Å². The number of rotatable bonds is 10. The summed E-state index contributed by atoms with van der Waals surface area (Å²) in [5.74, 6) is 1.34. The van der Waals surface area contributed by atoms with E-state index >= 15 is 0 Å². The lowest BCUT2D eigenvalue weighted by Gasteiger charge is -2.13. The third kappa shape index (κ3) is 5.86. The van der Waals surface area contributed by atoms with Crippen LogP contribution in [0.5, 0.6) is 0 Å². The van der Waals surface area contributed by atoms with Crippen LogP contribution in [-0.2, 0) is 9.53 Å². The Bertz CT molecular complexity index is 1250. The number of benzene rings is 1. The number of nitrogens with one attached hydrogen (secondary N) is 2. The van der Waals surface area contributed by atoms with Gasteiger partial charge in [-0.15, -0.1) is 21.5 Å². The third-order valence-corrected chi connectivity index (χ3v) is 7.55. The average Bonchev–Trinajstić information content (AvgIpc) is 3.31. The van der Waals surface area contributed by atoms with Gasteiger partial charge in [0.15, 0.2) is 5.82 Å². The van der Waals surface area contributed by atoms with Gasteiger partial charge in [-0.1, -0.05) is 37.6 Å². The molecule has 0 fully saturated rings. The van der Waals surface area contributed by atoms with Crippen molar-refractivity contribution in [2.75, 3.05) is 26.3 Å². The first-order valence-electron chi connectivity index (χ1n) is 12.2. The normalized spacial score (nSPS) is 14.9. The number of carbonyl (C=O) groups is 1. The van der Waals surface area contributed by atoms with Gasteiger partial charge in [0.25, 0.3) is 0 Å². The Morgan fingerprint density at radius 2 is 1.86 bits per heavy atom. The number of halogens is 1. The lowest BCUT2D eigenvalue weighted by molar-refractivity contribution is -0.121. The summed E-state index contributed by atoms with van der Waals surface area (Å²) in [6, 6.07) is 7.62. The van der Waals surface area contributed by atoms with Crippen molar-refractivity contribution in [3.05, 3.63) is 62.5 Å². The summed E-state index contributed by atoms with van der Waals surface area (Å²) in [5.41, 5.74) is 4.01. The summed E-state index contributed by atoms with van der Waals surface area (Å²) >= 11 is 7.86. The number of aromatic nitrogens is 3. The van der Waals surface area contributed by atoms with E-state index in [-0.39, 0.29) is 12.3 Å². The second-order valence-electron chi connectivity index (χ2n) is 9.18. The highest BCUT2D eigenvalue weighted by Crippen LogP contribution is 2.39. The monoisotopic (exact) mass is 528 g/mol. The molecule has 8 nitrogen and oxygen atoms in total. The highest BCUT2D eigenvalue weighted by molar-refractivity contribution is 7.15. The molecule has 2 N–H and O–H groups in total. The molecule has 0 bridgehead atoms. The standard InChI is InChI=1S/C26H33ClN6O2S/c1-15(2)28-10-12-35-13-11-29-22(34)14-21-25-32-31-18(5)33(25)26-23(16(3)17(4)36-26)24(30-21)19-6-8-20(27)9-7-19/h6-9,15,21,28H,10-14H2,1-5H3,(H,29,34)/t21-/m0/s1. The van der Waals surface area contributed by atoms with E-state index in [1.54, 1.807) is 11.3 Å². The summed E-state index contributed by atoms with van der Waals surface area (Å²) in [4.78, 5) is 19.3. The van der Waals surface area contributed by atoms with E-state index in [2.05, 4.69) is 53.1 Å². The minimum atomic E-state index is -0.479. The Kier molecular flexibility index (Phi) is 8.56. The van der Waals surface area contributed by atoms with E-state index in [0.717, 1.165) is 39.8 Å². The summed E-state index contributed by atoms with van der Waals surface area (Å²) in [6.07, 6.45) is 0.164. The number of hydrogen-bond acceptors (Lipinski definition) is 7. The first kappa shape index (κ1) is 26.5. The van der Waals surface area contributed by atoms with Gasteiger partial charge in [0.1, 0.15) is 16.9 Å². The van der Waals surface area contributed by atoms with Gasteiger partial charge in [-0.05, 0) is 38.5 Å². The fraction of sp³-hybridized carbons (Fsp3) is 0.462. The third-order valence-electron chi connectivity index (χ3n) is 6.10. The summed E-state index contributed by atoms with van der Waals surface area (Å²) < 4.78 is 7.65. The van der Waals surface area contributed by atoms with Crippen LogP contribution in [0.25, 0.3) is 5.00 Å². The second-order valence-corrected chi connectivity index (χ2v) is 10.8. The van der Waals surface area contributed by atoms with Crippen LogP contribution in [0.4, 0.5) is 0 Å². The molecule has 192 valence electrons. The minimum absolute atomic E-state index is 0.103. The summed E-state index contributed by atoms with van der Waals surface area (Å²) in [6.45, 7) is 12.6. The molecule has 2 aromatic heterocycles. The van der Waals surface area contributed by atoms with Crippen LogP contribution in [0, 0.1) is 20.8 Å². The van der Waals surface area contributed by atoms with Crippen molar-refractivity contribution >= 4 is 34.6 Å². The predicted octanol–water partition coefficient (Wildman–Crippen LogP) is 4.32. The number of carbonyl (C=O) groups excluding carboxylic acids is 1. The molecule has 1 aromatic carbocycles. The number of fused-ring (bicyclic) bond motifs is 3. The number of aryl methyl sites for hydroxylation is 2. The van der Waals surface area contributed by atoms with Crippen molar-refractivity contribution in [3.63, 3.8) is 0 Å². The smallest absolute Gasteiger partial charge is 0.222 e. The largest absolute Gasteiger partial charge is 0.378 e. The number of hydrogen-bond donors (Lipinski definition) is 2. The number of nitrogens with zero attached hydrogens (tertiary/aromatic N) is 4. The average molecular weight is 529 g/mol. The Balaban J connectivity index is 1.57. The quantitative estimate of drug-likeness (QED) is 0.382. The number of aliphatic imine (C=N–C) groups is 1. The maximum atomic E-state index is 12.9. The van der Waals surface area contributed by atoms with Gasteiger partial charge in [-0.3, -0.25) is 14.4 Å². The molecule has 10 heteroatoms. The van der Waals surface area contributed by atoms with Gasteiger partial charge < -0.3 is 15.4 Å². The highest BCUT2D eigenvalue weighted by atomic mass is 35.5. The number of ether oxygens (including phenoxy) is 1. The Hall–Kier alpha value is -2.59. The van der Waals surface area contributed by atoms with Crippen LogP contribution in [0.2, 0.25) is 5.02 Å². The molecular weight excluding hydrogens is 496 g/mol. The van der Waals surface area contributed by atoms with Gasteiger partial charge in [0.05, 0.1) is 25.3 Å². The SMILES string of the molecule is Cc1sc2c(c1C)C(c1ccc(Cl)cc1)=N[C@@H](CC(=O)NCCOCCNC(C)C)c1nnc(C)n1-2. The number of amides is 1. The molecule has 3 aromatic rings. The predicted molar refractivity (Wildman–Crippen MR) is 145 cm³/mol. The van der Waals surface area contributed by atoms with Crippen LogP contribution in [0.15, 0.2) is 29.3 Å². The molecule has 0 saturated heterocycles. The fourth-order valence-corrected chi connectivity index (χ4v) is 5.50. The highest BCUT2D eigenvalue weighted by Gasteiger charge is 2.32. The summed E-state index contributed by atoms with van der Waals surface area (Å²) in [5, 5.41) is 16.7. The van der Waals surface area contributed by atoms with Gasteiger partial charge >= 0.3 is 0 Å². The van der Waals surface area contributed by atoms with E-state index in [0.29, 0.717) is 36.6 Å². The van der Waals surface area contributed by atoms with Crippen molar-refractivity contribution in [2.24, 2.45) is 4.99 Å². The molecule has 1 atom stereocenters. The van der Waals surface area contributed by atoms with Crippen molar-refractivity contribution in [1.82, 2.24) is 25.4 Å². The first-order chi connectivity index (χ1) is 17.3. The zero-order valence-electron chi connectivity index (χ0n) is 21.4. The molecule has 1 amide bonds. The van der Waals surface area contributed by atoms with E-state index < -0.39 is 6.04 Å². The van der Waals surface area contributed by atoms with Crippen molar-refractivity contribution < 1.29 is 9.53 Å². The second kappa shape index (κ2) is 11.6. The molecule has 36 heavy (non-hydrogen) atoms. The molecule has 0 radical (unpaired) electrons. The van der Waals surface area contributed by atoms with Crippen LogP contribution in [0.1, 0.15) is 59.5 Å². The Morgan fingerprint density at radius 3 is 2.58 bits per heavy atom. The number of thiophene rings is 1. The Labute approximate surface area is 221 Å². The van der Waals surface area contributed by atoms with Gasteiger partial charge in [0, 0.05) is 40.2 Å². The summed E-state index contributed by atoms with van der Waals surface area (Å²) in [7, 11) is 0. The Morgan fingerprint density at radius 1 is 1.14 bits per heavy atom. The van der Waals surface area contributed by atoms with Gasteiger partial charge in [0.2, 0.25) is 5.91 Å². The van der Waals surface area contributed by atoms with Crippen LogP contribution in [0.3, 0.4) is 0 Å². The molecule has 0 spiro atoms. The van der Waals surface area contributed by atoms with Gasteiger partial charge in [-0.2, -0.15) is 0 Å². The van der Waals surface area contributed by atoms with Gasteiger partial charge in [-0.25, -0.2) is 0 Å². The molecule has 1 aliphatic heterocycles. The molecule has 3 heterocycles. The molecule has 0 saturated carbocycles. The molecule has 0 unspecified atom stereocenters. The molecule has 1 aliphatic rings.